The van der Waals surface area contributed by atoms with E-state index in [1.165, 1.54) is 19.9 Å². The number of hydrogen-bond acceptors (Lipinski definition) is 5. The van der Waals surface area contributed by atoms with Gasteiger partial charge < -0.3 is 9.47 Å². The van der Waals surface area contributed by atoms with Crippen LogP contribution >= 0.6 is 68.4 Å². The molecular weight excluding hydrogens is 655 g/mol. The van der Waals surface area contributed by atoms with Gasteiger partial charge in [-0.1, -0.05) is 23.2 Å². The lowest BCUT2D eigenvalue weighted by molar-refractivity contribution is -0.132. The van der Waals surface area contributed by atoms with Crippen LogP contribution in [0.25, 0.3) is 23.1 Å². The lowest BCUT2D eigenvalue weighted by Crippen LogP contribution is -2.04. The largest absolute Gasteiger partial charge is 0.425 e. The quantitative estimate of drug-likeness (QED) is 0.175. The lowest BCUT2D eigenvalue weighted by atomic mass is 10.1. The van der Waals surface area contributed by atoms with Crippen molar-refractivity contribution in [2.24, 2.45) is 0 Å². The van der Waals surface area contributed by atoms with E-state index in [1.54, 1.807) is 24.3 Å². The Morgan fingerprint density at radius 2 is 1.60 bits per heavy atom. The summed E-state index contributed by atoms with van der Waals surface area (Å²) in [5.74, 6) is -0.277. The summed E-state index contributed by atoms with van der Waals surface area (Å²) in [6, 6.07) is 8.89. The maximum absolute atomic E-state index is 11.5. The first-order valence-corrected chi connectivity index (χ1v) is 11.4. The second kappa shape index (κ2) is 9.80. The summed E-state index contributed by atoms with van der Waals surface area (Å²) < 4.78 is 12.4. The van der Waals surface area contributed by atoms with E-state index in [9.17, 15) is 9.59 Å². The zero-order valence-electron chi connectivity index (χ0n) is 15.6. The van der Waals surface area contributed by atoms with Crippen molar-refractivity contribution in [2.45, 2.75) is 13.8 Å². The molecule has 9 heteroatoms. The number of aromatic nitrogens is 1. The summed E-state index contributed by atoms with van der Waals surface area (Å²) in [4.78, 5) is 27.5. The fourth-order valence-corrected chi connectivity index (χ4v) is 5.23. The van der Waals surface area contributed by atoms with Gasteiger partial charge in [0.25, 0.3) is 0 Å². The molecule has 0 aliphatic heterocycles. The Bertz CT molecular complexity index is 1210. The standard InChI is InChI=1S/C21H13Cl2I2NO4/c1-10(27)29-20-12(7-13(24)8-18(20)25)3-4-14-5-6-15-16(22)9-17(23)21(19(15)26-14)30-11(2)28/h3-9H,1-2H3/b4-3+. The van der Waals surface area contributed by atoms with Gasteiger partial charge in [0.05, 0.1) is 19.3 Å². The van der Waals surface area contributed by atoms with Gasteiger partial charge in [-0.2, -0.15) is 0 Å². The molecule has 0 saturated heterocycles. The van der Waals surface area contributed by atoms with Crippen LogP contribution in [0.15, 0.2) is 30.3 Å². The van der Waals surface area contributed by atoms with E-state index >= 15 is 0 Å². The molecule has 0 fully saturated rings. The molecule has 30 heavy (non-hydrogen) atoms. The van der Waals surface area contributed by atoms with Crippen LogP contribution in [0.5, 0.6) is 11.5 Å². The SMILES string of the molecule is CC(=O)Oc1c(I)cc(I)cc1/C=C/c1ccc2c(Cl)cc(Cl)c(OC(C)=O)c2n1. The van der Waals surface area contributed by atoms with Crippen molar-refractivity contribution in [3.05, 3.63) is 58.8 Å². The summed E-state index contributed by atoms with van der Waals surface area (Å²) in [6.45, 7) is 2.65. The highest BCUT2D eigenvalue weighted by Gasteiger charge is 2.15. The topological polar surface area (TPSA) is 65.5 Å². The molecule has 0 amide bonds. The Hall–Kier alpha value is -1.43. The highest BCUT2D eigenvalue weighted by atomic mass is 127. The number of esters is 2. The Morgan fingerprint density at radius 1 is 0.933 bits per heavy atom. The second-order valence-corrected chi connectivity index (χ2v) is 9.35. The van der Waals surface area contributed by atoms with Crippen molar-refractivity contribution in [3.63, 3.8) is 0 Å². The monoisotopic (exact) mass is 667 g/mol. The minimum absolute atomic E-state index is 0.156. The first-order valence-electron chi connectivity index (χ1n) is 8.48. The molecule has 0 unspecified atom stereocenters. The molecule has 0 radical (unpaired) electrons. The van der Waals surface area contributed by atoms with Crippen LogP contribution in [0.3, 0.4) is 0 Å². The lowest BCUT2D eigenvalue weighted by Gasteiger charge is -2.10. The van der Waals surface area contributed by atoms with Crippen LogP contribution in [0.1, 0.15) is 25.1 Å². The first-order chi connectivity index (χ1) is 14.2. The molecule has 0 aliphatic rings. The highest BCUT2D eigenvalue weighted by molar-refractivity contribution is 14.1. The number of pyridine rings is 1. The van der Waals surface area contributed by atoms with E-state index in [0.29, 0.717) is 27.4 Å². The van der Waals surface area contributed by atoms with Crippen LogP contribution in [0, 0.1) is 7.14 Å². The van der Waals surface area contributed by atoms with Crippen molar-refractivity contribution in [3.8, 4) is 11.5 Å². The Morgan fingerprint density at radius 3 is 2.27 bits per heavy atom. The maximum atomic E-state index is 11.5. The summed E-state index contributed by atoms with van der Waals surface area (Å²) in [6.07, 6.45) is 3.56. The van der Waals surface area contributed by atoms with Crippen LogP contribution in [-0.4, -0.2) is 16.9 Å². The van der Waals surface area contributed by atoms with Crippen molar-refractivity contribution >= 4 is 103 Å². The Kier molecular flexibility index (Phi) is 7.59. The first kappa shape index (κ1) is 23.2. The normalized spacial score (nSPS) is 11.1. The van der Waals surface area contributed by atoms with Gasteiger partial charge in [0.2, 0.25) is 0 Å². The van der Waals surface area contributed by atoms with Crippen molar-refractivity contribution in [2.75, 3.05) is 0 Å². The predicted octanol–water partition coefficient (Wildman–Crippen LogP) is 6.77. The van der Waals surface area contributed by atoms with Crippen LogP contribution in [0.2, 0.25) is 10.0 Å². The molecule has 1 aromatic heterocycles. The predicted molar refractivity (Wildman–Crippen MR) is 135 cm³/mol. The fraction of sp³-hybridized carbons (Fsp3) is 0.0952. The summed E-state index contributed by atoms with van der Waals surface area (Å²) in [5.41, 5.74) is 1.69. The number of fused-ring (bicyclic) bond motifs is 1. The second-order valence-electron chi connectivity index (χ2n) is 6.13. The van der Waals surface area contributed by atoms with Crippen LogP contribution < -0.4 is 9.47 Å². The number of benzene rings is 2. The molecular formula is C21H13Cl2I2NO4. The molecule has 5 nitrogen and oxygen atoms in total. The van der Waals surface area contributed by atoms with E-state index < -0.39 is 11.9 Å². The van der Waals surface area contributed by atoms with Gasteiger partial charge in [-0.05, 0) is 87.7 Å². The van der Waals surface area contributed by atoms with Crippen LogP contribution in [-0.2, 0) is 9.59 Å². The number of rotatable bonds is 4. The molecule has 0 N–H and O–H groups in total. The molecule has 0 aliphatic carbocycles. The molecule has 1 heterocycles. The molecule has 0 atom stereocenters. The van der Waals surface area contributed by atoms with E-state index in [4.69, 9.17) is 32.7 Å². The van der Waals surface area contributed by atoms with Crippen molar-refractivity contribution in [1.29, 1.82) is 0 Å². The number of hydrogen-bond donors (Lipinski definition) is 0. The third kappa shape index (κ3) is 5.43. The molecule has 3 aromatic rings. The van der Waals surface area contributed by atoms with Gasteiger partial charge in [0.15, 0.2) is 11.5 Å². The number of carbonyl (C=O) groups excluding carboxylic acids is 2. The van der Waals surface area contributed by atoms with E-state index in [2.05, 4.69) is 50.2 Å². The van der Waals surface area contributed by atoms with Crippen molar-refractivity contribution in [1.82, 2.24) is 4.98 Å². The van der Waals surface area contributed by atoms with E-state index in [0.717, 1.165) is 12.7 Å². The smallest absolute Gasteiger partial charge is 0.308 e. The van der Waals surface area contributed by atoms with E-state index in [1.807, 2.05) is 12.1 Å². The summed E-state index contributed by atoms with van der Waals surface area (Å²) in [7, 11) is 0. The van der Waals surface area contributed by atoms with E-state index in [-0.39, 0.29) is 10.8 Å². The molecule has 154 valence electrons. The third-order valence-corrected chi connectivity index (χ3v) is 5.84. The molecule has 3 rings (SSSR count). The van der Waals surface area contributed by atoms with Gasteiger partial charge >= 0.3 is 11.9 Å². The molecule has 2 aromatic carbocycles. The number of nitrogens with zero attached hydrogens (tertiary/aromatic N) is 1. The Labute approximate surface area is 210 Å². The summed E-state index contributed by atoms with van der Waals surface area (Å²) >= 11 is 16.8. The maximum Gasteiger partial charge on any atom is 0.308 e. The third-order valence-electron chi connectivity index (χ3n) is 3.82. The fourth-order valence-electron chi connectivity index (χ4n) is 2.67. The average Bonchev–Trinajstić information content (AvgIpc) is 2.65. The number of halogens is 4. The zero-order chi connectivity index (χ0) is 22.0. The van der Waals surface area contributed by atoms with Crippen LogP contribution in [0.4, 0.5) is 0 Å². The average molecular weight is 668 g/mol. The molecule has 0 saturated carbocycles. The number of ether oxygens (including phenoxy) is 2. The minimum atomic E-state index is -0.511. The number of carbonyl (C=O) groups is 2. The summed E-state index contributed by atoms with van der Waals surface area (Å²) in [5, 5.41) is 1.21. The molecule has 0 bridgehead atoms. The highest BCUT2D eigenvalue weighted by Crippen LogP contribution is 2.37. The minimum Gasteiger partial charge on any atom is -0.425 e. The van der Waals surface area contributed by atoms with Gasteiger partial charge in [0, 0.05) is 28.4 Å². The van der Waals surface area contributed by atoms with Crippen molar-refractivity contribution < 1.29 is 19.1 Å². The zero-order valence-corrected chi connectivity index (χ0v) is 21.5. The van der Waals surface area contributed by atoms with Gasteiger partial charge in [0.1, 0.15) is 5.52 Å². The van der Waals surface area contributed by atoms with Gasteiger partial charge in [-0.3, -0.25) is 9.59 Å². The molecule has 0 spiro atoms. The van der Waals surface area contributed by atoms with Gasteiger partial charge in [-0.15, -0.1) is 0 Å². The van der Waals surface area contributed by atoms with Gasteiger partial charge in [-0.25, -0.2) is 4.98 Å². The Balaban J connectivity index is 2.10.